The van der Waals surface area contributed by atoms with Gasteiger partial charge in [0.15, 0.2) is 0 Å². The van der Waals surface area contributed by atoms with Crippen molar-refractivity contribution < 1.29 is 14.3 Å². The van der Waals surface area contributed by atoms with Crippen LogP contribution in [0.2, 0.25) is 0 Å². The molecule has 1 aliphatic rings. The number of hydrogen-bond donors (Lipinski definition) is 2. The highest BCUT2D eigenvalue weighted by Crippen LogP contribution is 2.25. The number of nitrogens with two attached hydrogens (primary N) is 1. The van der Waals surface area contributed by atoms with E-state index < -0.39 is 6.09 Å². The van der Waals surface area contributed by atoms with Crippen LogP contribution >= 0.6 is 0 Å². The highest BCUT2D eigenvalue weighted by atomic mass is 16.5. The van der Waals surface area contributed by atoms with Crippen molar-refractivity contribution in [1.82, 2.24) is 24.9 Å². The van der Waals surface area contributed by atoms with Crippen LogP contribution in [-0.4, -0.2) is 50.0 Å². The minimum atomic E-state index is -0.847. The number of nitrogens with one attached hydrogen (secondary N) is 1. The second kappa shape index (κ2) is 7.34. The number of aromatic nitrogens is 4. The quantitative estimate of drug-likeness (QED) is 0.672. The first-order valence-electron chi connectivity index (χ1n) is 9.17. The van der Waals surface area contributed by atoms with E-state index in [0.717, 1.165) is 5.52 Å². The van der Waals surface area contributed by atoms with E-state index in [4.69, 9.17) is 10.5 Å². The minimum absolute atomic E-state index is 0.00522. The van der Waals surface area contributed by atoms with E-state index in [9.17, 15) is 9.59 Å². The SMILES string of the molecule is Cc1cccc2[nH]cc(CCC(=O)N3CC(n4cc(COC(N)=O)nn4)C3)c12. The number of amides is 2. The first-order valence-corrected chi connectivity index (χ1v) is 9.17. The molecule has 9 heteroatoms. The number of aryl methyl sites for hydroxylation is 2. The van der Waals surface area contributed by atoms with Crippen LogP contribution in [0.1, 0.15) is 29.3 Å². The molecule has 1 fully saturated rings. The Kier molecular flexibility index (Phi) is 4.72. The molecule has 3 aromatic rings. The topological polar surface area (TPSA) is 119 Å². The Morgan fingerprint density at radius 1 is 1.36 bits per heavy atom. The summed E-state index contributed by atoms with van der Waals surface area (Å²) in [4.78, 5) is 28.2. The summed E-state index contributed by atoms with van der Waals surface area (Å²) in [5, 5.41) is 9.19. The Hall–Kier alpha value is -3.36. The molecule has 0 spiro atoms. The largest absolute Gasteiger partial charge is 0.443 e. The average Bonchev–Trinajstić information content (AvgIpc) is 3.25. The molecular formula is C19H22N6O3. The van der Waals surface area contributed by atoms with Gasteiger partial charge in [-0.05, 0) is 30.5 Å². The number of aromatic amines is 1. The number of hydrogen-bond acceptors (Lipinski definition) is 5. The predicted octanol–water partition coefficient (Wildman–Crippen LogP) is 1.68. The Morgan fingerprint density at radius 2 is 2.18 bits per heavy atom. The van der Waals surface area contributed by atoms with Gasteiger partial charge in [-0.3, -0.25) is 4.79 Å². The molecule has 28 heavy (non-hydrogen) atoms. The Bertz CT molecular complexity index is 1020. The van der Waals surface area contributed by atoms with Crippen LogP contribution in [0.3, 0.4) is 0 Å². The summed E-state index contributed by atoms with van der Waals surface area (Å²) in [6, 6.07) is 6.25. The first-order chi connectivity index (χ1) is 13.5. The number of fused-ring (bicyclic) bond motifs is 1. The second-order valence-electron chi connectivity index (χ2n) is 7.06. The van der Waals surface area contributed by atoms with Gasteiger partial charge < -0.3 is 20.4 Å². The molecule has 3 heterocycles. The van der Waals surface area contributed by atoms with Gasteiger partial charge in [-0.1, -0.05) is 17.3 Å². The fraction of sp³-hybridized carbons (Fsp3) is 0.368. The molecule has 4 rings (SSSR count). The van der Waals surface area contributed by atoms with Crippen molar-refractivity contribution in [2.75, 3.05) is 13.1 Å². The Balaban J connectivity index is 1.29. The number of rotatable bonds is 6. The number of H-pyrrole nitrogens is 1. The fourth-order valence-corrected chi connectivity index (χ4v) is 3.58. The molecule has 2 aromatic heterocycles. The zero-order valence-electron chi connectivity index (χ0n) is 15.6. The second-order valence-corrected chi connectivity index (χ2v) is 7.06. The van der Waals surface area contributed by atoms with Gasteiger partial charge in [-0.15, -0.1) is 5.10 Å². The van der Waals surface area contributed by atoms with E-state index in [1.54, 1.807) is 10.9 Å². The molecule has 0 bridgehead atoms. The normalized spacial score (nSPS) is 14.2. The zero-order valence-corrected chi connectivity index (χ0v) is 15.6. The summed E-state index contributed by atoms with van der Waals surface area (Å²) in [5.74, 6) is 0.136. The maximum Gasteiger partial charge on any atom is 0.404 e. The number of carbonyl (C=O) groups is 2. The standard InChI is InChI=1S/C19H22N6O3/c1-12-3-2-4-16-18(12)13(7-21-16)5-6-17(26)24-9-15(10-24)25-8-14(22-23-25)11-28-19(20)27/h2-4,7-8,15,21H,5-6,9-11H2,1H3,(H2,20,27). The number of ether oxygens (including phenoxy) is 1. The number of primary amides is 1. The molecule has 3 N–H and O–H groups in total. The predicted molar refractivity (Wildman–Crippen MR) is 101 cm³/mol. The molecule has 9 nitrogen and oxygen atoms in total. The fourth-order valence-electron chi connectivity index (χ4n) is 3.58. The van der Waals surface area contributed by atoms with Crippen LogP contribution in [-0.2, 0) is 22.6 Å². The van der Waals surface area contributed by atoms with Gasteiger partial charge in [0.2, 0.25) is 5.91 Å². The zero-order chi connectivity index (χ0) is 19.7. The molecule has 0 aliphatic carbocycles. The number of nitrogens with zero attached hydrogens (tertiary/aromatic N) is 4. The molecule has 0 saturated carbocycles. The third-order valence-corrected chi connectivity index (χ3v) is 5.11. The van der Waals surface area contributed by atoms with Crippen molar-refractivity contribution >= 4 is 22.9 Å². The van der Waals surface area contributed by atoms with E-state index in [-0.39, 0.29) is 18.6 Å². The molecule has 1 aliphatic heterocycles. The van der Waals surface area contributed by atoms with E-state index in [1.165, 1.54) is 16.5 Å². The number of carbonyl (C=O) groups excluding carboxylic acids is 2. The van der Waals surface area contributed by atoms with Gasteiger partial charge in [0.1, 0.15) is 12.3 Å². The van der Waals surface area contributed by atoms with Gasteiger partial charge in [0.25, 0.3) is 0 Å². The molecular weight excluding hydrogens is 360 g/mol. The Morgan fingerprint density at radius 3 is 2.96 bits per heavy atom. The molecule has 0 unspecified atom stereocenters. The van der Waals surface area contributed by atoms with Gasteiger partial charge in [-0.2, -0.15) is 0 Å². The molecule has 0 radical (unpaired) electrons. The van der Waals surface area contributed by atoms with Crippen molar-refractivity contribution in [3.05, 3.63) is 47.4 Å². The van der Waals surface area contributed by atoms with Gasteiger partial charge in [0.05, 0.1) is 12.2 Å². The number of likely N-dealkylation sites (tertiary alicyclic amines) is 1. The summed E-state index contributed by atoms with van der Waals surface area (Å²) in [6.45, 7) is 3.29. The van der Waals surface area contributed by atoms with Crippen molar-refractivity contribution in [2.45, 2.75) is 32.4 Å². The smallest absolute Gasteiger partial charge is 0.404 e. The highest BCUT2D eigenvalue weighted by molar-refractivity contribution is 5.87. The average molecular weight is 382 g/mol. The van der Waals surface area contributed by atoms with Crippen molar-refractivity contribution in [3.63, 3.8) is 0 Å². The summed E-state index contributed by atoms with van der Waals surface area (Å²) in [6.07, 6.45) is 4.05. The van der Waals surface area contributed by atoms with Crippen LogP contribution in [0.5, 0.6) is 0 Å². The first kappa shape index (κ1) is 18.0. The summed E-state index contributed by atoms with van der Waals surface area (Å²) < 4.78 is 6.40. The summed E-state index contributed by atoms with van der Waals surface area (Å²) in [7, 11) is 0. The summed E-state index contributed by atoms with van der Waals surface area (Å²) >= 11 is 0. The van der Waals surface area contributed by atoms with Gasteiger partial charge in [-0.25, -0.2) is 9.48 Å². The monoisotopic (exact) mass is 382 g/mol. The number of benzene rings is 1. The van der Waals surface area contributed by atoms with Gasteiger partial charge in [0, 0.05) is 36.6 Å². The highest BCUT2D eigenvalue weighted by Gasteiger charge is 2.32. The third kappa shape index (κ3) is 3.55. The van der Waals surface area contributed by atoms with Crippen molar-refractivity contribution in [1.29, 1.82) is 0 Å². The third-order valence-electron chi connectivity index (χ3n) is 5.11. The van der Waals surface area contributed by atoms with Crippen LogP contribution in [0, 0.1) is 6.92 Å². The molecule has 146 valence electrons. The van der Waals surface area contributed by atoms with Crippen molar-refractivity contribution in [3.8, 4) is 0 Å². The summed E-state index contributed by atoms with van der Waals surface area (Å²) in [5.41, 5.74) is 8.96. The van der Waals surface area contributed by atoms with E-state index in [1.807, 2.05) is 17.2 Å². The molecule has 0 atom stereocenters. The lowest BCUT2D eigenvalue weighted by Crippen LogP contribution is -2.51. The van der Waals surface area contributed by atoms with E-state index in [0.29, 0.717) is 31.6 Å². The lowest BCUT2D eigenvalue weighted by atomic mass is 10.0. The lowest BCUT2D eigenvalue weighted by molar-refractivity contribution is -0.137. The maximum absolute atomic E-state index is 12.5. The maximum atomic E-state index is 12.5. The molecule has 1 saturated heterocycles. The molecule has 1 aromatic carbocycles. The van der Waals surface area contributed by atoms with Gasteiger partial charge >= 0.3 is 6.09 Å². The minimum Gasteiger partial charge on any atom is -0.443 e. The Labute approximate surface area is 161 Å². The van der Waals surface area contributed by atoms with E-state index >= 15 is 0 Å². The lowest BCUT2D eigenvalue weighted by Gasteiger charge is -2.39. The molecule has 2 amide bonds. The van der Waals surface area contributed by atoms with Crippen LogP contribution in [0.25, 0.3) is 10.9 Å². The van der Waals surface area contributed by atoms with E-state index in [2.05, 4.69) is 34.4 Å². The van der Waals surface area contributed by atoms with Crippen LogP contribution in [0.4, 0.5) is 4.79 Å². The van der Waals surface area contributed by atoms with Crippen molar-refractivity contribution in [2.24, 2.45) is 5.73 Å². The van der Waals surface area contributed by atoms with Crippen LogP contribution in [0.15, 0.2) is 30.6 Å². The van der Waals surface area contributed by atoms with Crippen LogP contribution < -0.4 is 5.73 Å².